The number of nitriles is 1. The molecule has 5 heteroatoms. The maximum atomic E-state index is 11.1. The molecule has 0 radical (unpaired) electrons. The molecule has 0 fully saturated rings. The van der Waals surface area contributed by atoms with Crippen molar-refractivity contribution in [3.63, 3.8) is 0 Å². The van der Waals surface area contributed by atoms with Crippen molar-refractivity contribution in [1.29, 1.82) is 5.26 Å². The van der Waals surface area contributed by atoms with Crippen LogP contribution in [0.4, 0.5) is 11.4 Å². The zero-order valence-corrected chi connectivity index (χ0v) is 13.1. The maximum absolute atomic E-state index is 11.1. The average Bonchev–Trinajstić information content (AvgIpc) is 2.52. The van der Waals surface area contributed by atoms with Gasteiger partial charge in [-0.1, -0.05) is 30.0 Å². The van der Waals surface area contributed by atoms with E-state index in [2.05, 4.69) is 17.0 Å². The first-order chi connectivity index (χ1) is 10.6. The molecule has 3 rings (SSSR count). The van der Waals surface area contributed by atoms with E-state index in [-0.39, 0.29) is 0 Å². The summed E-state index contributed by atoms with van der Waals surface area (Å²) in [5, 5.41) is 9.20. The van der Waals surface area contributed by atoms with E-state index in [4.69, 9.17) is 4.74 Å². The molecule has 0 bridgehead atoms. The number of fused-ring (bicyclic) bond motifs is 2. The summed E-state index contributed by atoms with van der Waals surface area (Å²) < 4.78 is 5.05. The second-order valence-electron chi connectivity index (χ2n) is 4.97. The molecule has 0 aliphatic carbocycles. The lowest BCUT2D eigenvalue weighted by Gasteiger charge is -2.29. The van der Waals surface area contributed by atoms with Crippen molar-refractivity contribution in [2.24, 2.45) is 0 Å². The van der Waals surface area contributed by atoms with Gasteiger partial charge in [0.2, 0.25) is 6.10 Å². The summed E-state index contributed by atoms with van der Waals surface area (Å²) >= 11 is 1.66. The topological polar surface area (TPSA) is 53.3 Å². The molecule has 1 atom stereocenters. The van der Waals surface area contributed by atoms with Crippen LogP contribution in [0.2, 0.25) is 0 Å². The minimum Gasteiger partial charge on any atom is -0.442 e. The molecule has 110 valence electrons. The van der Waals surface area contributed by atoms with E-state index in [1.165, 1.54) is 6.92 Å². The third kappa shape index (κ3) is 2.53. The number of carbonyl (C=O) groups excluding carboxylic acids is 1. The minimum atomic E-state index is -0.870. The quantitative estimate of drug-likeness (QED) is 0.783. The Labute approximate surface area is 133 Å². The van der Waals surface area contributed by atoms with Crippen LogP contribution in [0.5, 0.6) is 0 Å². The molecule has 0 saturated heterocycles. The first-order valence-corrected chi connectivity index (χ1v) is 7.63. The lowest BCUT2D eigenvalue weighted by molar-refractivity contribution is -0.144. The van der Waals surface area contributed by atoms with Gasteiger partial charge in [-0.15, -0.1) is 0 Å². The molecule has 2 aromatic carbocycles. The summed E-state index contributed by atoms with van der Waals surface area (Å²) in [7, 11) is 2.02. The zero-order valence-electron chi connectivity index (χ0n) is 12.2. The highest BCUT2D eigenvalue weighted by Gasteiger charge is 2.22. The van der Waals surface area contributed by atoms with Crippen LogP contribution in [0.15, 0.2) is 52.3 Å². The molecular formula is C17H14N2O2S. The van der Waals surface area contributed by atoms with Gasteiger partial charge in [0.15, 0.2) is 0 Å². The molecule has 1 heterocycles. The summed E-state index contributed by atoms with van der Waals surface area (Å²) in [6.45, 7) is 1.31. The van der Waals surface area contributed by atoms with Crippen molar-refractivity contribution in [3.05, 3.63) is 48.0 Å². The normalized spacial score (nSPS) is 13.6. The zero-order chi connectivity index (χ0) is 15.7. The molecule has 4 nitrogen and oxygen atoms in total. The van der Waals surface area contributed by atoms with Crippen LogP contribution in [0, 0.1) is 11.3 Å². The van der Waals surface area contributed by atoms with Crippen molar-refractivity contribution in [1.82, 2.24) is 0 Å². The fourth-order valence-corrected chi connectivity index (χ4v) is 3.65. The Morgan fingerprint density at radius 2 is 1.95 bits per heavy atom. The van der Waals surface area contributed by atoms with Crippen LogP contribution < -0.4 is 4.90 Å². The highest BCUT2D eigenvalue weighted by Crippen LogP contribution is 2.47. The molecule has 22 heavy (non-hydrogen) atoms. The number of esters is 1. The predicted molar refractivity (Wildman–Crippen MR) is 85.2 cm³/mol. The van der Waals surface area contributed by atoms with E-state index in [0.29, 0.717) is 5.56 Å². The van der Waals surface area contributed by atoms with E-state index in [9.17, 15) is 10.1 Å². The van der Waals surface area contributed by atoms with Crippen LogP contribution >= 0.6 is 11.8 Å². The number of para-hydroxylation sites is 1. The van der Waals surface area contributed by atoms with Gasteiger partial charge < -0.3 is 9.64 Å². The van der Waals surface area contributed by atoms with E-state index >= 15 is 0 Å². The van der Waals surface area contributed by atoms with Crippen LogP contribution in [0.3, 0.4) is 0 Å². The second kappa shape index (κ2) is 5.74. The smallest absolute Gasteiger partial charge is 0.304 e. The first-order valence-electron chi connectivity index (χ1n) is 6.81. The highest BCUT2D eigenvalue weighted by molar-refractivity contribution is 7.99. The Morgan fingerprint density at radius 3 is 2.68 bits per heavy atom. The predicted octanol–water partition coefficient (Wildman–Crippen LogP) is 4.05. The Kier molecular flexibility index (Phi) is 3.78. The number of hydrogen-bond acceptors (Lipinski definition) is 5. The molecule has 1 aliphatic rings. The summed E-state index contributed by atoms with van der Waals surface area (Å²) in [5.41, 5.74) is 2.92. The number of ether oxygens (including phenoxy) is 1. The lowest BCUT2D eigenvalue weighted by atomic mass is 10.1. The summed E-state index contributed by atoms with van der Waals surface area (Å²) in [6, 6.07) is 15.9. The molecular weight excluding hydrogens is 296 g/mol. The largest absolute Gasteiger partial charge is 0.442 e. The van der Waals surface area contributed by atoms with Crippen molar-refractivity contribution < 1.29 is 9.53 Å². The van der Waals surface area contributed by atoms with Gasteiger partial charge in [0.05, 0.1) is 11.4 Å². The Morgan fingerprint density at radius 1 is 1.23 bits per heavy atom. The summed E-state index contributed by atoms with van der Waals surface area (Å²) in [4.78, 5) is 15.4. The number of anilines is 2. The van der Waals surface area contributed by atoms with Crippen LogP contribution in [0.25, 0.3) is 0 Å². The number of carbonyl (C=O) groups is 1. The van der Waals surface area contributed by atoms with Crippen LogP contribution in [-0.2, 0) is 9.53 Å². The Bertz CT molecular complexity index is 782. The van der Waals surface area contributed by atoms with Gasteiger partial charge in [-0.25, -0.2) is 0 Å². The number of benzene rings is 2. The van der Waals surface area contributed by atoms with Gasteiger partial charge in [-0.2, -0.15) is 5.26 Å². The van der Waals surface area contributed by atoms with Gasteiger partial charge in [0, 0.05) is 29.3 Å². The molecule has 1 aliphatic heterocycles. The van der Waals surface area contributed by atoms with Gasteiger partial charge in [0.25, 0.3) is 0 Å². The van der Waals surface area contributed by atoms with Crippen LogP contribution in [0.1, 0.15) is 18.6 Å². The third-order valence-corrected chi connectivity index (χ3v) is 4.61. The standard InChI is InChI=1S/C17H14N2O2S/c1-11(20)21-15(10-18)12-7-8-14-17(9-12)22-16-6-4-3-5-13(16)19(14)2/h3-9,15H,1-2H3/t15-/m0/s1. The maximum Gasteiger partial charge on any atom is 0.304 e. The lowest BCUT2D eigenvalue weighted by Crippen LogP contribution is -2.15. The SMILES string of the molecule is CC(=O)O[C@@H](C#N)c1ccc2c(c1)Sc1ccccc1N2C. The fourth-order valence-electron chi connectivity index (χ4n) is 2.46. The molecule has 0 N–H and O–H groups in total. The number of rotatable bonds is 2. The number of hydrogen-bond donors (Lipinski definition) is 0. The molecule has 0 spiro atoms. The molecule has 0 amide bonds. The fraction of sp³-hybridized carbons (Fsp3) is 0.176. The molecule has 2 aromatic rings. The highest BCUT2D eigenvalue weighted by atomic mass is 32.2. The molecule has 0 aromatic heterocycles. The van der Waals surface area contributed by atoms with E-state index < -0.39 is 12.1 Å². The van der Waals surface area contributed by atoms with Crippen molar-refractivity contribution in [2.75, 3.05) is 11.9 Å². The third-order valence-electron chi connectivity index (χ3n) is 3.50. The van der Waals surface area contributed by atoms with Crippen molar-refractivity contribution >= 4 is 29.1 Å². The van der Waals surface area contributed by atoms with E-state index in [1.54, 1.807) is 11.8 Å². The molecule has 0 saturated carbocycles. The van der Waals surface area contributed by atoms with Gasteiger partial charge in [-0.3, -0.25) is 4.79 Å². The van der Waals surface area contributed by atoms with Crippen LogP contribution in [-0.4, -0.2) is 13.0 Å². The van der Waals surface area contributed by atoms with Gasteiger partial charge in [0.1, 0.15) is 6.07 Å². The van der Waals surface area contributed by atoms with Crippen molar-refractivity contribution in [2.45, 2.75) is 22.8 Å². The summed E-state index contributed by atoms with van der Waals surface area (Å²) in [5.74, 6) is -0.459. The first kappa shape index (κ1) is 14.5. The van der Waals surface area contributed by atoms with Gasteiger partial charge in [-0.05, 0) is 24.3 Å². The minimum absolute atomic E-state index is 0.459. The Balaban J connectivity index is 1.99. The van der Waals surface area contributed by atoms with Crippen molar-refractivity contribution in [3.8, 4) is 6.07 Å². The summed E-state index contributed by atoms with van der Waals surface area (Å²) in [6.07, 6.45) is -0.870. The number of nitrogens with zero attached hydrogens (tertiary/aromatic N) is 2. The Hall–Kier alpha value is -2.45. The van der Waals surface area contributed by atoms with E-state index in [1.807, 2.05) is 43.4 Å². The second-order valence-corrected chi connectivity index (χ2v) is 6.06. The van der Waals surface area contributed by atoms with E-state index in [0.717, 1.165) is 21.2 Å². The average molecular weight is 310 g/mol. The molecule has 0 unspecified atom stereocenters. The monoisotopic (exact) mass is 310 g/mol. The van der Waals surface area contributed by atoms with Gasteiger partial charge >= 0.3 is 5.97 Å².